The van der Waals surface area contributed by atoms with Gasteiger partial charge < -0.3 is 10.6 Å². The summed E-state index contributed by atoms with van der Waals surface area (Å²) in [4.78, 5) is 14.5. The standard InChI is InChI=1S/C16H24N2O/c1-2-18(15-9-5-6-10-15)16(19)11-13-7-3-4-8-14(13)12-17/h3-4,7-8,15H,2,5-6,9-12,17H2,1H3. The largest absolute Gasteiger partial charge is 0.340 e. The normalized spacial score (nSPS) is 15.7. The molecule has 2 rings (SSSR count). The summed E-state index contributed by atoms with van der Waals surface area (Å²) in [6, 6.07) is 8.44. The SMILES string of the molecule is CCN(C(=O)Cc1ccccc1CN)C1CCCC1. The molecule has 1 aromatic rings. The third-order valence-electron chi connectivity index (χ3n) is 4.11. The number of likely N-dealkylation sites (N-methyl/N-ethyl adjacent to an activating group) is 1. The minimum absolute atomic E-state index is 0.246. The Morgan fingerprint density at radius 2 is 1.89 bits per heavy atom. The Bertz CT molecular complexity index is 425. The summed E-state index contributed by atoms with van der Waals surface area (Å²) in [5.74, 6) is 0.246. The second-order valence-corrected chi connectivity index (χ2v) is 5.27. The first-order chi connectivity index (χ1) is 9.26. The molecule has 3 heteroatoms. The maximum atomic E-state index is 12.5. The highest BCUT2D eigenvalue weighted by molar-refractivity contribution is 5.79. The molecule has 0 heterocycles. The van der Waals surface area contributed by atoms with Gasteiger partial charge in [-0.2, -0.15) is 0 Å². The van der Waals surface area contributed by atoms with Gasteiger partial charge in [0, 0.05) is 19.1 Å². The molecule has 2 N–H and O–H groups in total. The van der Waals surface area contributed by atoms with Crippen LogP contribution < -0.4 is 5.73 Å². The molecule has 1 aliphatic rings. The predicted octanol–water partition coefficient (Wildman–Crippen LogP) is 2.48. The van der Waals surface area contributed by atoms with Gasteiger partial charge >= 0.3 is 0 Å². The van der Waals surface area contributed by atoms with Crippen molar-refractivity contribution < 1.29 is 4.79 Å². The lowest BCUT2D eigenvalue weighted by atomic mass is 10.0. The smallest absolute Gasteiger partial charge is 0.227 e. The van der Waals surface area contributed by atoms with Crippen LogP contribution in [0.4, 0.5) is 0 Å². The predicted molar refractivity (Wildman–Crippen MR) is 77.7 cm³/mol. The summed E-state index contributed by atoms with van der Waals surface area (Å²) in [6.45, 7) is 3.39. The van der Waals surface area contributed by atoms with Gasteiger partial charge in [0.15, 0.2) is 0 Å². The summed E-state index contributed by atoms with van der Waals surface area (Å²) in [6.07, 6.45) is 5.33. The fourth-order valence-corrected chi connectivity index (χ4v) is 3.05. The van der Waals surface area contributed by atoms with Gasteiger partial charge in [0.05, 0.1) is 6.42 Å². The van der Waals surface area contributed by atoms with Gasteiger partial charge in [-0.3, -0.25) is 4.79 Å². The Labute approximate surface area is 115 Å². The maximum Gasteiger partial charge on any atom is 0.227 e. The second kappa shape index (κ2) is 6.71. The Kier molecular flexibility index (Phi) is 4.97. The molecule has 1 amide bonds. The van der Waals surface area contributed by atoms with Gasteiger partial charge in [-0.15, -0.1) is 0 Å². The number of nitrogens with zero attached hydrogens (tertiary/aromatic N) is 1. The summed E-state index contributed by atoms with van der Waals surface area (Å²) in [5.41, 5.74) is 7.89. The van der Waals surface area contributed by atoms with Gasteiger partial charge in [-0.25, -0.2) is 0 Å². The van der Waals surface area contributed by atoms with Crippen molar-refractivity contribution in [3.05, 3.63) is 35.4 Å². The zero-order valence-corrected chi connectivity index (χ0v) is 11.8. The van der Waals surface area contributed by atoms with Crippen LogP contribution in [-0.4, -0.2) is 23.4 Å². The highest BCUT2D eigenvalue weighted by Gasteiger charge is 2.25. The molecular weight excluding hydrogens is 236 g/mol. The first kappa shape index (κ1) is 14.1. The van der Waals surface area contributed by atoms with E-state index in [1.54, 1.807) is 0 Å². The van der Waals surface area contributed by atoms with Crippen molar-refractivity contribution in [2.24, 2.45) is 5.73 Å². The molecule has 104 valence electrons. The number of carbonyl (C=O) groups is 1. The van der Waals surface area contributed by atoms with Crippen LogP contribution in [0.1, 0.15) is 43.7 Å². The van der Waals surface area contributed by atoms with E-state index in [4.69, 9.17) is 5.73 Å². The minimum Gasteiger partial charge on any atom is -0.340 e. The van der Waals surface area contributed by atoms with E-state index in [-0.39, 0.29) is 5.91 Å². The molecule has 1 saturated carbocycles. The van der Waals surface area contributed by atoms with Crippen LogP contribution in [-0.2, 0) is 17.8 Å². The van der Waals surface area contributed by atoms with Crippen LogP contribution >= 0.6 is 0 Å². The van der Waals surface area contributed by atoms with Crippen molar-refractivity contribution in [3.63, 3.8) is 0 Å². The summed E-state index contributed by atoms with van der Waals surface area (Å²) in [5, 5.41) is 0. The number of carbonyl (C=O) groups excluding carboxylic acids is 1. The van der Waals surface area contributed by atoms with E-state index in [2.05, 4.69) is 11.8 Å². The molecule has 3 nitrogen and oxygen atoms in total. The van der Waals surface area contributed by atoms with Crippen LogP contribution in [0.25, 0.3) is 0 Å². The third kappa shape index (κ3) is 3.35. The fourth-order valence-electron chi connectivity index (χ4n) is 3.05. The van der Waals surface area contributed by atoms with E-state index in [0.717, 1.165) is 30.5 Å². The number of nitrogens with two attached hydrogens (primary N) is 1. The van der Waals surface area contributed by atoms with Crippen molar-refractivity contribution in [2.45, 2.75) is 51.6 Å². The van der Waals surface area contributed by atoms with Crippen LogP contribution in [0, 0.1) is 0 Å². The summed E-state index contributed by atoms with van der Waals surface area (Å²) >= 11 is 0. The molecule has 0 saturated heterocycles. The maximum absolute atomic E-state index is 12.5. The van der Waals surface area contributed by atoms with E-state index in [9.17, 15) is 4.79 Å². The van der Waals surface area contributed by atoms with E-state index in [1.807, 2.05) is 24.3 Å². The number of rotatable bonds is 5. The van der Waals surface area contributed by atoms with E-state index in [1.165, 1.54) is 12.8 Å². The van der Waals surface area contributed by atoms with Crippen molar-refractivity contribution in [1.82, 2.24) is 4.90 Å². The Morgan fingerprint density at radius 1 is 1.26 bits per heavy atom. The molecule has 1 aromatic carbocycles. The van der Waals surface area contributed by atoms with Crippen LogP contribution in [0.3, 0.4) is 0 Å². The Hall–Kier alpha value is -1.35. The molecule has 1 aliphatic carbocycles. The molecule has 0 aliphatic heterocycles. The van der Waals surface area contributed by atoms with Crippen LogP contribution in [0.5, 0.6) is 0 Å². The lowest BCUT2D eigenvalue weighted by Crippen LogP contribution is -2.39. The van der Waals surface area contributed by atoms with Crippen LogP contribution in [0.15, 0.2) is 24.3 Å². The van der Waals surface area contributed by atoms with Crippen molar-refractivity contribution in [1.29, 1.82) is 0 Å². The third-order valence-corrected chi connectivity index (χ3v) is 4.11. The van der Waals surface area contributed by atoms with Gasteiger partial charge in [-0.1, -0.05) is 37.1 Å². The van der Waals surface area contributed by atoms with Crippen LogP contribution in [0.2, 0.25) is 0 Å². The molecule has 0 spiro atoms. The highest BCUT2D eigenvalue weighted by atomic mass is 16.2. The second-order valence-electron chi connectivity index (χ2n) is 5.27. The molecule has 0 aromatic heterocycles. The molecular formula is C16H24N2O. The molecule has 19 heavy (non-hydrogen) atoms. The average molecular weight is 260 g/mol. The summed E-state index contributed by atoms with van der Waals surface area (Å²) in [7, 11) is 0. The van der Waals surface area contributed by atoms with Gasteiger partial charge in [0.25, 0.3) is 0 Å². The van der Waals surface area contributed by atoms with E-state index in [0.29, 0.717) is 19.0 Å². The number of hydrogen-bond donors (Lipinski definition) is 1. The van der Waals surface area contributed by atoms with Crippen molar-refractivity contribution in [3.8, 4) is 0 Å². The molecule has 1 fully saturated rings. The fraction of sp³-hybridized carbons (Fsp3) is 0.562. The van der Waals surface area contributed by atoms with Crippen molar-refractivity contribution in [2.75, 3.05) is 6.54 Å². The summed E-state index contributed by atoms with van der Waals surface area (Å²) < 4.78 is 0. The lowest BCUT2D eigenvalue weighted by molar-refractivity contribution is -0.132. The minimum atomic E-state index is 0.246. The molecule has 0 bridgehead atoms. The Morgan fingerprint density at radius 3 is 2.47 bits per heavy atom. The van der Waals surface area contributed by atoms with Gasteiger partial charge in [0.2, 0.25) is 5.91 Å². The van der Waals surface area contributed by atoms with Gasteiger partial charge in [-0.05, 0) is 30.9 Å². The number of amides is 1. The molecule has 0 atom stereocenters. The first-order valence-electron chi connectivity index (χ1n) is 7.32. The monoisotopic (exact) mass is 260 g/mol. The number of benzene rings is 1. The highest BCUT2D eigenvalue weighted by Crippen LogP contribution is 2.24. The zero-order chi connectivity index (χ0) is 13.7. The number of hydrogen-bond acceptors (Lipinski definition) is 2. The molecule has 0 unspecified atom stereocenters. The zero-order valence-electron chi connectivity index (χ0n) is 11.8. The van der Waals surface area contributed by atoms with Crippen molar-refractivity contribution >= 4 is 5.91 Å². The van der Waals surface area contributed by atoms with Gasteiger partial charge in [0.1, 0.15) is 0 Å². The van der Waals surface area contributed by atoms with E-state index < -0.39 is 0 Å². The first-order valence-corrected chi connectivity index (χ1v) is 7.32. The lowest BCUT2D eigenvalue weighted by Gasteiger charge is -2.28. The Balaban J connectivity index is 2.06. The average Bonchev–Trinajstić information content (AvgIpc) is 2.94. The topological polar surface area (TPSA) is 46.3 Å². The van der Waals surface area contributed by atoms with E-state index >= 15 is 0 Å². The quantitative estimate of drug-likeness (QED) is 0.884. The molecule has 0 radical (unpaired) electrons.